The van der Waals surface area contributed by atoms with Gasteiger partial charge in [-0.05, 0) is 42.8 Å². The molecule has 0 fully saturated rings. The Labute approximate surface area is 129 Å². The van der Waals surface area contributed by atoms with Gasteiger partial charge >= 0.3 is 0 Å². The van der Waals surface area contributed by atoms with Crippen LogP contribution in [0.25, 0.3) is 16.7 Å². The number of nitrogens with one attached hydrogen (secondary N) is 1. The van der Waals surface area contributed by atoms with Gasteiger partial charge in [0.1, 0.15) is 6.33 Å². The van der Waals surface area contributed by atoms with E-state index in [0.29, 0.717) is 0 Å². The van der Waals surface area contributed by atoms with Crippen LogP contribution in [0.2, 0.25) is 5.02 Å². The normalized spacial score (nSPS) is 11.1. The van der Waals surface area contributed by atoms with Crippen molar-refractivity contribution in [2.75, 3.05) is 6.54 Å². The molecule has 4 heteroatoms. The molecule has 0 saturated heterocycles. The van der Waals surface area contributed by atoms with Gasteiger partial charge in [-0.3, -0.25) is 4.57 Å². The van der Waals surface area contributed by atoms with Crippen LogP contribution in [0.1, 0.15) is 18.9 Å². The zero-order valence-electron chi connectivity index (χ0n) is 12.0. The highest BCUT2D eigenvalue weighted by molar-refractivity contribution is 6.30. The summed E-state index contributed by atoms with van der Waals surface area (Å²) >= 11 is 6.19. The summed E-state index contributed by atoms with van der Waals surface area (Å²) in [5.41, 5.74) is 4.39. The number of aromatic nitrogens is 2. The van der Waals surface area contributed by atoms with Crippen molar-refractivity contribution < 1.29 is 0 Å². The molecule has 1 N–H and O–H groups in total. The molecule has 0 unspecified atom stereocenters. The number of hydrogen-bond acceptors (Lipinski definition) is 2. The Balaban J connectivity index is 2.05. The highest BCUT2D eigenvalue weighted by Crippen LogP contribution is 2.24. The quantitative estimate of drug-likeness (QED) is 0.716. The highest BCUT2D eigenvalue weighted by atomic mass is 35.5. The van der Waals surface area contributed by atoms with E-state index in [-0.39, 0.29) is 0 Å². The molecule has 0 atom stereocenters. The van der Waals surface area contributed by atoms with Crippen molar-refractivity contribution in [2.45, 2.75) is 19.9 Å². The van der Waals surface area contributed by atoms with Crippen molar-refractivity contribution in [2.24, 2.45) is 0 Å². The second-order valence-electron chi connectivity index (χ2n) is 5.05. The number of rotatable bonds is 5. The first-order valence-corrected chi connectivity index (χ1v) is 7.59. The summed E-state index contributed by atoms with van der Waals surface area (Å²) in [7, 11) is 0. The van der Waals surface area contributed by atoms with Gasteiger partial charge in [-0.25, -0.2) is 4.98 Å². The van der Waals surface area contributed by atoms with E-state index >= 15 is 0 Å². The molecule has 0 saturated carbocycles. The molecule has 0 bridgehead atoms. The Kier molecular flexibility index (Phi) is 4.23. The Morgan fingerprint density at radius 1 is 1.19 bits per heavy atom. The number of nitrogens with zero attached hydrogens (tertiary/aromatic N) is 2. The van der Waals surface area contributed by atoms with Crippen LogP contribution in [-0.2, 0) is 6.54 Å². The van der Waals surface area contributed by atoms with E-state index < -0.39 is 0 Å². The number of imidazole rings is 1. The first-order valence-electron chi connectivity index (χ1n) is 7.21. The van der Waals surface area contributed by atoms with Crippen molar-refractivity contribution in [3.63, 3.8) is 0 Å². The maximum Gasteiger partial charge on any atom is 0.100 e. The monoisotopic (exact) mass is 299 g/mol. The highest BCUT2D eigenvalue weighted by Gasteiger charge is 2.09. The summed E-state index contributed by atoms with van der Waals surface area (Å²) in [5.74, 6) is 0. The first-order chi connectivity index (χ1) is 10.3. The predicted octanol–water partition coefficient (Wildman–Crippen LogP) is 4.18. The Morgan fingerprint density at radius 3 is 2.90 bits per heavy atom. The van der Waals surface area contributed by atoms with Gasteiger partial charge in [-0.1, -0.05) is 36.7 Å². The van der Waals surface area contributed by atoms with Gasteiger partial charge in [-0.2, -0.15) is 0 Å². The molecule has 1 heterocycles. The van der Waals surface area contributed by atoms with Gasteiger partial charge in [0.15, 0.2) is 0 Å². The second-order valence-corrected chi connectivity index (χ2v) is 5.49. The predicted molar refractivity (Wildman–Crippen MR) is 88.1 cm³/mol. The number of benzene rings is 2. The van der Waals surface area contributed by atoms with Crippen LogP contribution < -0.4 is 5.32 Å². The van der Waals surface area contributed by atoms with Gasteiger partial charge in [0.2, 0.25) is 0 Å². The fourth-order valence-corrected chi connectivity index (χ4v) is 2.63. The van der Waals surface area contributed by atoms with Crippen molar-refractivity contribution >= 4 is 22.6 Å². The largest absolute Gasteiger partial charge is 0.313 e. The summed E-state index contributed by atoms with van der Waals surface area (Å²) in [6.45, 7) is 4.00. The van der Waals surface area contributed by atoms with Crippen LogP contribution in [0.3, 0.4) is 0 Å². The molecule has 0 radical (unpaired) electrons. The Morgan fingerprint density at radius 2 is 2.05 bits per heavy atom. The Bertz CT molecular complexity index is 749. The summed E-state index contributed by atoms with van der Waals surface area (Å²) in [6.07, 6.45) is 2.98. The van der Waals surface area contributed by atoms with E-state index in [1.54, 1.807) is 0 Å². The molecular weight excluding hydrogens is 282 g/mol. The Hall–Kier alpha value is -1.84. The van der Waals surface area contributed by atoms with Crippen LogP contribution >= 0.6 is 11.6 Å². The fourth-order valence-electron chi connectivity index (χ4n) is 2.46. The lowest BCUT2D eigenvalue weighted by Gasteiger charge is -2.12. The standard InChI is InChI=1S/C17H18ClN3/c1-2-9-19-11-13-7-8-14(18)10-17(13)21-12-20-15-5-3-4-6-16(15)21/h3-8,10,12,19H,2,9,11H2,1H3. The molecule has 0 aliphatic heterocycles. The van der Waals surface area contributed by atoms with Gasteiger partial charge in [0.05, 0.1) is 16.7 Å². The minimum absolute atomic E-state index is 0.738. The van der Waals surface area contributed by atoms with Gasteiger partial charge in [0, 0.05) is 11.6 Å². The lowest BCUT2D eigenvalue weighted by atomic mass is 10.1. The van der Waals surface area contributed by atoms with E-state index in [2.05, 4.69) is 33.9 Å². The molecule has 2 aromatic carbocycles. The molecule has 108 valence electrons. The van der Waals surface area contributed by atoms with Crippen molar-refractivity contribution in [1.82, 2.24) is 14.9 Å². The molecule has 3 nitrogen and oxygen atoms in total. The van der Waals surface area contributed by atoms with Gasteiger partial charge < -0.3 is 5.32 Å². The molecule has 1 aromatic heterocycles. The molecular formula is C17H18ClN3. The van der Waals surface area contributed by atoms with Crippen molar-refractivity contribution in [3.8, 4) is 5.69 Å². The maximum atomic E-state index is 6.19. The third-order valence-electron chi connectivity index (χ3n) is 3.50. The van der Waals surface area contributed by atoms with E-state index in [0.717, 1.165) is 41.3 Å². The molecule has 0 aliphatic rings. The van der Waals surface area contributed by atoms with Gasteiger partial charge in [0.25, 0.3) is 0 Å². The lowest BCUT2D eigenvalue weighted by Crippen LogP contribution is -2.15. The van der Waals surface area contributed by atoms with Crippen molar-refractivity contribution in [1.29, 1.82) is 0 Å². The van der Waals surface area contributed by atoms with Crippen molar-refractivity contribution in [3.05, 3.63) is 59.4 Å². The molecule has 21 heavy (non-hydrogen) atoms. The average molecular weight is 300 g/mol. The number of para-hydroxylation sites is 2. The molecule has 0 amide bonds. The number of halogens is 1. The van der Waals surface area contributed by atoms with E-state index in [9.17, 15) is 0 Å². The molecule has 3 aromatic rings. The van der Waals surface area contributed by atoms with E-state index in [1.165, 1.54) is 5.56 Å². The summed E-state index contributed by atoms with van der Waals surface area (Å²) in [5, 5.41) is 4.18. The zero-order chi connectivity index (χ0) is 14.7. The van der Waals surface area contributed by atoms with Gasteiger partial charge in [-0.15, -0.1) is 0 Å². The smallest absolute Gasteiger partial charge is 0.100 e. The summed E-state index contributed by atoms with van der Waals surface area (Å²) in [4.78, 5) is 4.46. The number of hydrogen-bond donors (Lipinski definition) is 1. The lowest BCUT2D eigenvalue weighted by molar-refractivity contribution is 0.673. The second kappa shape index (κ2) is 6.29. The van der Waals surface area contributed by atoms with Crippen LogP contribution in [0.4, 0.5) is 0 Å². The zero-order valence-corrected chi connectivity index (χ0v) is 12.8. The maximum absolute atomic E-state index is 6.19. The third kappa shape index (κ3) is 2.94. The number of fused-ring (bicyclic) bond motifs is 1. The molecule has 0 spiro atoms. The summed E-state index contributed by atoms with van der Waals surface area (Å²) in [6, 6.07) is 14.1. The van der Waals surface area contributed by atoms with Crippen LogP contribution in [-0.4, -0.2) is 16.1 Å². The third-order valence-corrected chi connectivity index (χ3v) is 3.74. The molecule has 3 rings (SSSR count). The summed E-state index contributed by atoms with van der Waals surface area (Å²) < 4.78 is 2.10. The topological polar surface area (TPSA) is 29.9 Å². The first kappa shape index (κ1) is 14.1. The van der Waals surface area contributed by atoms with E-state index in [4.69, 9.17) is 11.6 Å². The van der Waals surface area contributed by atoms with Crippen LogP contribution in [0.5, 0.6) is 0 Å². The fraction of sp³-hybridized carbons (Fsp3) is 0.235. The average Bonchev–Trinajstić information content (AvgIpc) is 2.93. The molecule has 0 aliphatic carbocycles. The minimum Gasteiger partial charge on any atom is -0.313 e. The van der Waals surface area contributed by atoms with Crippen LogP contribution in [0.15, 0.2) is 48.8 Å². The van der Waals surface area contributed by atoms with E-state index in [1.807, 2.05) is 36.7 Å². The minimum atomic E-state index is 0.738. The van der Waals surface area contributed by atoms with Crippen LogP contribution in [0, 0.1) is 0 Å². The SMILES string of the molecule is CCCNCc1ccc(Cl)cc1-n1cnc2ccccc21.